The summed E-state index contributed by atoms with van der Waals surface area (Å²) in [7, 11) is 0. The van der Waals surface area contributed by atoms with Gasteiger partial charge in [0, 0.05) is 42.3 Å². The topological polar surface area (TPSA) is 82.0 Å². The molecule has 6 nitrogen and oxygen atoms in total. The molecule has 0 fully saturated rings. The van der Waals surface area contributed by atoms with Crippen molar-refractivity contribution in [3.05, 3.63) is 95.3 Å². The van der Waals surface area contributed by atoms with E-state index in [1.165, 1.54) is 16.5 Å². The van der Waals surface area contributed by atoms with Crippen LogP contribution in [0.2, 0.25) is 0 Å². The van der Waals surface area contributed by atoms with Crippen molar-refractivity contribution in [1.29, 1.82) is 0 Å². The van der Waals surface area contributed by atoms with Gasteiger partial charge in [-0.3, -0.25) is 9.38 Å². The lowest BCUT2D eigenvalue weighted by Gasteiger charge is -2.08. The molecule has 0 radical (unpaired) electrons. The molecule has 34 heavy (non-hydrogen) atoms. The molecular weight excluding hydrogens is 448 g/mol. The summed E-state index contributed by atoms with van der Waals surface area (Å²) in [4.78, 5) is 17.2. The highest BCUT2D eigenvalue weighted by atomic mass is 19.2. The predicted octanol–water partition coefficient (Wildman–Crippen LogP) is 4.89. The molecule has 0 saturated heterocycles. The summed E-state index contributed by atoms with van der Waals surface area (Å²) < 4.78 is 57.6. The van der Waals surface area contributed by atoms with E-state index in [0.29, 0.717) is 17.1 Å². The van der Waals surface area contributed by atoms with E-state index in [1.54, 1.807) is 24.7 Å². The van der Waals surface area contributed by atoms with Crippen molar-refractivity contribution in [3.8, 4) is 22.6 Å². The number of rotatable bonds is 4. The molecule has 1 aromatic carbocycles. The van der Waals surface area contributed by atoms with Crippen LogP contribution in [0.4, 0.5) is 23.4 Å². The van der Waals surface area contributed by atoms with Gasteiger partial charge in [0.2, 0.25) is 0 Å². The molecule has 0 aliphatic heterocycles. The summed E-state index contributed by atoms with van der Waals surface area (Å²) in [6, 6.07) is 5.98. The third-order valence-corrected chi connectivity index (χ3v) is 5.49. The second-order valence-electron chi connectivity index (χ2n) is 7.66. The highest BCUT2D eigenvalue weighted by Crippen LogP contribution is 2.30. The van der Waals surface area contributed by atoms with E-state index < -0.39 is 35.3 Å². The van der Waals surface area contributed by atoms with Gasteiger partial charge in [-0.25, -0.2) is 32.5 Å². The molecule has 0 atom stereocenters. The van der Waals surface area contributed by atoms with Gasteiger partial charge in [0.15, 0.2) is 17.5 Å². The van der Waals surface area contributed by atoms with Gasteiger partial charge in [-0.15, -0.1) is 0 Å². The first kappa shape index (κ1) is 21.5. The van der Waals surface area contributed by atoms with E-state index in [1.807, 2.05) is 6.92 Å². The molecule has 170 valence electrons. The molecule has 0 saturated carbocycles. The summed E-state index contributed by atoms with van der Waals surface area (Å²) in [5.74, 6) is -3.65. The van der Waals surface area contributed by atoms with Gasteiger partial charge < -0.3 is 5.73 Å². The van der Waals surface area contributed by atoms with Gasteiger partial charge in [0.05, 0.1) is 5.52 Å². The lowest BCUT2D eigenvalue weighted by Crippen LogP contribution is -2.04. The zero-order valence-corrected chi connectivity index (χ0v) is 17.7. The van der Waals surface area contributed by atoms with Crippen LogP contribution >= 0.6 is 0 Å². The Hall–Kier alpha value is -4.34. The van der Waals surface area contributed by atoms with E-state index >= 15 is 0 Å². The quantitative estimate of drug-likeness (QED) is 0.303. The Bertz CT molecular complexity index is 1560. The van der Waals surface area contributed by atoms with Crippen LogP contribution in [0.5, 0.6) is 0 Å². The van der Waals surface area contributed by atoms with Gasteiger partial charge in [-0.2, -0.15) is 0 Å². The molecule has 4 aromatic heterocycles. The SMILES string of the molecule is Cc1cnccc1-c1cnc(-c2nc(Cc3c(F)ccc(F)c3F)n3cc(F)ccc23)nc1N. The third-order valence-electron chi connectivity index (χ3n) is 5.49. The average Bonchev–Trinajstić information content (AvgIpc) is 3.17. The van der Waals surface area contributed by atoms with E-state index in [4.69, 9.17) is 5.73 Å². The first-order chi connectivity index (χ1) is 16.3. The molecule has 0 aliphatic rings. The summed E-state index contributed by atoms with van der Waals surface area (Å²) >= 11 is 0. The van der Waals surface area contributed by atoms with E-state index in [0.717, 1.165) is 23.4 Å². The Labute approximate surface area is 190 Å². The van der Waals surface area contributed by atoms with Gasteiger partial charge in [-0.05, 0) is 48.4 Å². The molecule has 0 unspecified atom stereocenters. The number of anilines is 1. The maximum Gasteiger partial charge on any atom is 0.182 e. The van der Waals surface area contributed by atoms with Gasteiger partial charge in [-0.1, -0.05) is 0 Å². The summed E-state index contributed by atoms with van der Waals surface area (Å²) in [6.07, 6.45) is 5.56. The molecule has 5 rings (SSSR count). The molecule has 0 amide bonds. The number of pyridine rings is 2. The second kappa shape index (κ2) is 8.22. The number of imidazole rings is 1. The molecule has 0 bridgehead atoms. The van der Waals surface area contributed by atoms with Crippen molar-refractivity contribution in [2.75, 3.05) is 5.73 Å². The zero-order chi connectivity index (χ0) is 24.0. The fourth-order valence-electron chi connectivity index (χ4n) is 3.79. The van der Waals surface area contributed by atoms with E-state index in [9.17, 15) is 17.6 Å². The van der Waals surface area contributed by atoms with Crippen molar-refractivity contribution in [2.24, 2.45) is 0 Å². The minimum atomic E-state index is -1.33. The Morgan fingerprint density at radius 3 is 2.47 bits per heavy atom. The maximum absolute atomic E-state index is 14.3. The van der Waals surface area contributed by atoms with Crippen molar-refractivity contribution in [3.63, 3.8) is 0 Å². The van der Waals surface area contributed by atoms with Crippen LogP contribution in [0.15, 0.2) is 55.1 Å². The fourth-order valence-corrected chi connectivity index (χ4v) is 3.79. The van der Waals surface area contributed by atoms with Crippen molar-refractivity contribution in [1.82, 2.24) is 24.3 Å². The zero-order valence-electron chi connectivity index (χ0n) is 17.7. The van der Waals surface area contributed by atoms with Crippen LogP contribution in [0, 0.1) is 30.2 Å². The monoisotopic (exact) mass is 464 g/mol. The van der Waals surface area contributed by atoms with Gasteiger partial charge in [0.1, 0.15) is 29.0 Å². The molecule has 10 heteroatoms. The van der Waals surface area contributed by atoms with Crippen molar-refractivity contribution in [2.45, 2.75) is 13.3 Å². The Kier molecular flexibility index (Phi) is 5.20. The number of halogens is 4. The number of nitrogen functional groups attached to an aromatic ring is 1. The summed E-state index contributed by atoms with van der Waals surface area (Å²) in [5, 5.41) is 0. The van der Waals surface area contributed by atoms with Crippen molar-refractivity contribution < 1.29 is 17.6 Å². The minimum Gasteiger partial charge on any atom is -0.383 e. The Morgan fingerprint density at radius 2 is 1.71 bits per heavy atom. The number of hydrogen-bond donors (Lipinski definition) is 1. The third kappa shape index (κ3) is 3.62. The number of nitrogens with two attached hydrogens (primary N) is 1. The summed E-state index contributed by atoms with van der Waals surface area (Å²) in [5.41, 5.74) is 8.61. The first-order valence-electron chi connectivity index (χ1n) is 10.2. The average molecular weight is 464 g/mol. The predicted molar refractivity (Wildman–Crippen MR) is 118 cm³/mol. The van der Waals surface area contributed by atoms with Crippen LogP contribution in [0.3, 0.4) is 0 Å². The number of benzene rings is 1. The van der Waals surface area contributed by atoms with Crippen LogP contribution < -0.4 is 5.73 Å². The molecule has 0 spiro atoms. The molecule has 2 N–H and O–H groups in total. The second-order valence-corrected chi connectivity index (χ2v) is 7.66. The number of hydrogen-bond acceptors (Lipinski definition) is 5. The minimum absolute atomic E-state index is 0.0733. The summed E-state index contributed by atoms with van der Waals surface area (Å²) in [6.45, 7) is 1.88. The van der Waals surface area contributed by atoms with Gasteiger partial charge >= 0.3 is 0 Å². The van der Waals surface area contributed by atoms with Crippen LogP contribution in [-0.2, 0) is 6.42 Å². The van der Waals surface area contributed by atoms with Crippen molar-refractivity contribution >= 4 is 11.3 Å². The Balaban J connectivity index is 1.64. The van der Waals surface area contributed by atoms with Gasteiger partial charge in [0.25, 0.3) is 0 Å². The highest BCUT2D eigenvalue weighted by Gasteiger charge is 2.21. The molecule has 5 aromatic rings. The largest absolute Gasteiger partial charge is 0.383 e. The smallest absolute Gasteiger partial charge is 0.182 e. The first-order valence-corrected chi connectivity index (χ1v) is 10.2. The molecule has 4 heterocycles. The standard InChI is InChI=1S/C24H16F4N6/c1-12-9-30-7-6-14(12)16-10-31-24(33-23(16)29)22-19-5-2-13(25)11-34(19)20(32-22)8-15-17(26)3-4-18(27)21(15)28/h2-7,9-11H,8H2,1H3,(H2,29,31,33). The normalized spacial score (nSPS) is 11.3. The van der Waals surface area contributed by atoms with E-state index in [-0.39, 0.29) is 23.2 Å². The number of fused-ring (bicyclic) bond motifs is 1. The van der Waals surface area contributed by atoms with Crippen LogP contribution in [0.25, 0.3) is 28.2 Å². The number of aryl methyl sites for hydroxylation is 1. The lowest BCUT2D eigenvalue weighted by molar-refractivity contribution is 0.481. The molecular formula is C24H16F4N6. The number of nitrogens with zero attached hydrogens (tertiary/aromatic N) is 5. The fraction of sp³-hybridized carbons (Fsp3) is 0.0833. The van der Waals surface area contributed by atoms with Crippen LogP contribution in [-0.4, -0.2) is 24.3 Å². The lowest BCUT2D eigenvalue weighted by atomic mass is 10.1. The Morgan fingerprint density at radius 1 is 0.912 bits per heavy atom. The molecule has 0 aliphatic carbocycles. The van der Waals surface area contributed by atoms with E-state index in [2.05, 4.69) is 19.9 Å². The number of aromatic nitrogens is 5. The maximum atomic E-state index is 14.3. The van der Waals surface area contributed by atoms with Crippen LogP contribution in [0.1, 0.15) is 17.0 Å². The highest BCUT2D eigenvalue weighted by molar-refractivity contribution is 5.79.